The number of rotatable bonds is 4. The van der Waals surface area contributed by atoms with Crippen molar-refractivity contribution in [1.29, 1.82) is 0 Å². The van der Waals surface area contributed by atoms with Gasteiger partial charge in [0, 0.05) is 30.1 Å². The normalized spacial score (nSPS) is 18.7. The van der Waals surface area contributed by atoms with Crippen LogP contribution in [0.5, 0.6) is 0 Å². The molecule has 1 aliphatic heterocycles. The maximum atomic E-state index is 13.0. The van der Waals surface area contributed by atoms with Gasteiger partial charge in [-0.2, -0.15) is 18.3 Å². The first-order valence-electron chi connectivity index (χ1n) is 7.48. The molecule has 1 saturated carbocycles. The van der Waals surface area contributed by atoms with Crippen LogP contribution in [0.15, 0.2) is 0 Å². The highest BCUT2D eigenvalue weighted by Gasteiger charge is 2.39. The Hall–Kier alpha value is -1.57. The van der Waals surface area contributed by atoms with Gasteiger partial charge in [0.05, 0.1) is 19.8 Å². The van der Waals surface area contributed by atoms with E-state index < -0.39 is 11.9 Å². The third kappa shape index (κ3) is 2.97. The molecule has 1 amide bonds. The van der Waals surface area contributed by atoms with Gasteiger partial charge in [-0.15, -0.1) is 0 Å². The van der Waals surface area contributed by atoms with E-state index in [2.05, 4.69) is 10.4 Å². The maximum absolute atomic E-state index is 13.0. The molecule has 8 heteroatoms. The Kier molecular flexibility index (Phi) is 4.12. The van der Waals surface area contributed by atoms with Gasteiger partial charge in [-0.05, 0) is 12.8 Å². The van der Waals surface area contributed by atoms with Gasteiger partial charge >= 0.3 is 6.18 Å². The number of hydrogen-bond acceptors (Lipinski definition) is 3. The molecule has 1 N–H and O–H groups in total. The van der Waals surface area contributed by atoms with E-state index in [1.54, 1.807) is 0 Å². The number of carbonyl (C=O) groups is 1. The van der Waals surface area contributed by atoms with E-state index in [9.17, 15) is 18.0 Å². The Bertz CT molecular complexity index is 564. The zero-order valence-corrected chi connectivity index (χ0v) is 12.1. The summed E-state index contributed by atoms with van der Waals surface area (Å²) in [5.41, 5.74) is -0.173. The van der Waals surface area contributed by atoms with Crippen molar-refractivity contribution in [3.63, 3.8) is 0 Å². The fraction of sp³-hybridized carbons (Fsp3) is 0.714. The number of hydrogen-bond donors (Lipinski definition) is 1. The van der Waals surface area contributed by atoms with Gasteiger partial charge < -0.3 is 10.1 Å². The molecule has 122 valence electrons. The van der Waals surface area contributed by atoms with Gasteiger partial charge in [0.15, 0.2) is 5.69 Å². The van der Waals surface area contributed by atoms with Gasteiger partial charge in [-0.1, -0.05) is 6.42 Å². The van der Waals surface area contributed by atoms with Gasteiger partial charge in [-0.25, -0.2) is 0 Å². The van der Waals surface area contributed by atoms with Crippen molar-refractivity contribution in [3.8, 4) is 0 Å². The van der Waals surface area contributed by atoms with Crippen molar-refractivity contribution in [2.75, 3.05) is 13.2 Å². The molecule has 0 aromatic carbocycles. The standard InChI is InChI=1S/C14H18F3N3O2/c15-14(16,17)12-10-8-22-7-4-11(10)20(19-12)6-5-18-13(21)9-2-1-3-9/h9H,1-8H2,(H,18,21). The first-order valence-corrected chi connectivity index (χ1v) is 7.48. The highest BCUT2D eigenvalue weighted by Crippen LogP contribution is 2.34. The molecule has 1 aromatic rings. The van der Waals surface area contributed by atoms with Crippen LogP contribution in [0.1, 0.15) is 36.2 Å². The second kappa shape index (κ2) is 5.91. The Labute approximate surface area is 125 Å². The van der Waals surface area contributed by atoms with Crippen LogP contribution in [0.25, 0.3) is 0 Å². The minimum absolute atomic E-state index is 0.00773. The Balaban J connectivity index is 1.68. The number of carbonyl (C=O) groups excluding carboxylic acids is 1. The lowest BCUT2D eigenvalue weighted by Gasteiger charge is -2.24. The van der Waals surface area contributed by atoms with E-state index in [1.165, 1.54) is 4.68 Å². The van der Waals surface area contributed by atoms with Crippen molar-refractivity contribution in [2.45, 2.75) is 45.0 Å². The zero-order chi connectivity index (χ0) is 15.7. The molecular weight excluding hydrogens is 299 g/mol. The molecule has 2 heterocycles. The molecular formula is C14H18F3N3O2. The third-order valence-corrected chi connectivity index (χ3v) is 4.26. The van der Waals surface area contributed by atoms with Crippen molar-refractivity contribution in [1.82, 2.24) is 15.1 Å². The number of alkyl halides is 3. The summed E-state index contributed by atoms with van der Waals surface area (Å²) in [6.07, 6.45) is -1.20. The number of nitrogens with one attached hydrogen (secondary N) is 1. The maximum Gasteiger partial charge on any atom is 0.435 e. The van der Waals surface area contributed by atoms with Gasteiger partial charge in [-0.3, -0.25) is 9.48 Å². The summed E-state index contributed by atoms with van der Waals surface area (Å²) in [5, 5.41) is 6.47. The molecule has 1 aliphatic carbocycles. The Morgan fingerprint density at radius 2 is 2.18 bits per heavy atom. The molecule has 1 fully saturated rings. The number of amides is 1. The molecule has 2 aliphatic rings. The predicted molar refractivity (Wildman–Crippen MR) is 70.9 cm³/mol. The molecule has 1 aromatic heterocycles. The van der Waals surface area contributed by atoms with Crippen LogP contribution in [0.4, 0.5) is 13.2 Å². The quantitative estimate of drug-likeness (QED) is 0.923. The summed E-state index contributed by atoms with van der Waals surface area (Å²) in [6.45, 7) is 0.877. The predicted octanol–water partition coefficient (Wildman–Crippen LogP) is 1.89. The second-order valence-corrected chi connectivity index (χ2v) is 5.72. The van der Waals surface area contributed by atoms with Gasteiger partial charge in [0.1, 0.15) is 0 Å². The van der Waals surface area contributed by atoms with Crippen LogP contribution in [-0.4, -0.2) is 28.8 Å². The average Bonchev–Trinajstić information content (AvgIpc) is 2.76. The smallest absolute Gasteiger partial charge is 0.376 e. The first kappa shape index (κ1) is 15.3. The van der Waals surface area contributed by atoms with Crippen molar-refractivity contribution in [2.24, 2.45) is 5.92 Å². The van der Waals surface area contributed by atoms with Crippen LogP contribution < -0.4 is 5.32 Å². The molecule has 5 nitrogen and oxygen atoms in total. The summed E-state index contributed by atoms with van der Waals surface area (Å²) in [4.78, 5) is 11.7. The molecule has 22 heavy (non-hydrogen) atoms. The van der Waals surface area contributed by atoms with E-state index in [0.29, 0.717) is 25.3 Å². The monoisotopic (exact) mass is 317 g/mol. The van der Waals surface area contributed by atoms with E-state index >= 15 is 0 Å². The largest absolute Gasteiger partial charge is 0.435 e. The van der Waals surface area contributed by atoms with Crippen LogP contribution >= 0.6 is 0 Å². The minimum Gasteiger partial charge on any atom is -0.376 e. The highest BCUT2D eigenvalue weighted by molar-refractivity contribution is 5.79. The average molecular weight is 317 g/mol. The van der Waals surface area contributed by atoms with E-state index in [1.807, 2.05) is 0 Å². The number of aromatic nitrogens is 2. The fourth-order valence-electron chi connectivity index (χ4n) is 2.82. The zero-order valence-electron chi connectivity index (χ0n) is 12.1. The van der Waals surface area contributed by atoms with Crippen LogP contribution in [0.2, 0.25) is 0 Å². The van der Waals surface area contributed by atoms with Crippen LogP contribution in [-0.2, 0) is 35.3 Å². The molecule has 0 radical (unpaired) electrons. The lowest BCUT2D eigenvalue weighted by atomic mass is 9.85. The lowest BCUT2D eigenvalue weighted by molar-refractivity contribution is -0.142. The Morgan fingerprint density at radius 1 is 1.41 bits per heavy atom. The Morgan fingerprint density at radius 3 is 2.82 bits per heavy atom. The van der Waals surface area contributed by atoms with Crippen LogP contribution in [0, 0.1) is 5.92 Å². The SMILES string of the molecule is O=C(NCCn1nc(C(F)(F)F)c2c1CCOC2)C1CCC1. The van der Waals surface area contributed by atoms with Crippen molar-refractivity contribution in [3.05, 3.63) is 17.0 Å². The summed E-state index contributed by atoms with van der Waals surface area (Å²) >= 11 is 0. The molecule has 0 unspecified atom stereocenters. The lowest BCUT2D eigenvalue weighted by Crippen LogP contribution is -2.36. The molecule has 0 spiro atoms. The first-order chi connectivity index (χ1) is 10.5. The van der Waals surface area contributed by atoms with Crippen molar-refractivity contribution >= 4 is 5.91 Å². The topological polar surface area (TPSA) is 56.2 Å². The molecule has 3 rings (SSSR count). The highest BCUT2D eigenvalue weighted by atomic mass is 19.4. The second-order valence-electron chi connectivity index (χ2n) is 5.72. The summed E-state index contributed by atoms with van der Waals surface area (Å²) < 4.78 is 45.5. The van der Waals surface area contributed by atoms with Crippen molar-refractivity contribution < 1.29 is 22.7 Å². The third-order valence-electron chi connectivity index (χ3n) is 4.26. The summed E-state index contributed by atoms with van der Waals surface area (Å²) in [7, 11) is 0. The number of fused-ring (bicyclic) bond motifs is 1. The van der Waals surface area contributed by atoms with Gasteiger partial charge in [0.25, 0.3) is 0 Å². The number of nitrogens with zero attached hydrogens (tertiary/aromatic N) is 2. The number of halogens is 3. The van der Waals surface area contributed by atoms with E-state index in [0.717, 1.165) is 19.3 Å². The van der Waals surface area contributed by atoms with E-state index in [-0.39, 0.29) is 30.5 Å². The summed E-state index contributed by atoms with van der Waals surface area (Å²) in [5.74, 6) is 0.0670. The molecule has 0 bridgehead atoms. The molecule has 0 saturated heterocycles. The summed E-state index contributed by atoms with van der Waals surface area (Å²) in [6, 6.07) is 0. The minimum atomic E-state index is -4.48. The van der Waals surface area contributed by atoms with E-state index in [4.69, 9.17) is 4.74 Å². The van der Waals surface area contributed by atoms with Gasteiger partial charge in [0.2, 0.25) is 5.91 Å². The number of ether oxygens (including phenoxy) is 1. The van der Waals surface area contributed by atoms with Crippen LogP contribution in [0.3, 0.4) is 0 Å². The molecule has 0 atom stereocenters. The fourth-order valence-corrected chi connectivity index (χ4v) is 2.82.